The van der Waals surface area contributed by atoms with Crippen molar-refractivity contribution in [1.29, 1.82) is 0 Å². The molecule has 0 amide bonds. The lowest BCUT2D eigenvalue weighted by molar-refractivity contribution is 0.145. The number of pyridine rings is 1. The molecule has 1 N–H and O–H groups in total. The summed E-state index contributed by atoms with van der Waals surface area (Å²) >= 11 is 0. The van der Waals surface area contributed by atoms with Gasteiger partial charge < -0.3 is 10.2 Å². The van der Waals surface area contributed by atoms with Gasteiger partial charge in [0.1, 0.15) is 5.82 Å². The van der Waals surface area contributed by atoms with Crippen LogP contribution in [0, 0.1) is 11.9 Å². The van der Waals surface area contributed by atoms with E-state index >= 15 is 0 Å². The molecule has 94 valence electrons. The summed E-state index contributed by atoms with van der Waals surface area (Å²) in [5, 5.41) is 3.34. The van der Waals surface area contributed by atoms with Gasteiger partial charge in [0, 0.05) is 18.6 Å². The van der Waals surface area contributed by atoms with Crippen molar-refractivity contribution in [3.63, 3.8) is 0 Å². The molecule has 0 saturated carbocycles. The van der Waals surface area contributed by atoms with Gasteiger partial charge >= 0.3 is 0 Å². The second kappa shape index (κ2) is 5.00. The summed E-state index contributed by atoms with van der Waals surface area (Å²) in [6.45, 7) is 5.51. The lowest BCUT2D eigenvalue weighted by atomic mass is 9.90. The van der Waals surface area contributed by atoms with Crippen LogP contribution in [-0.2, 0) is 0 Å². The second-order valence-corrected chi connectivity index (χ2v) is 5.10. The van der Waals surface area contributed by atoms with Gasteiger partial charge in [-0.3, -0.25) is 0 Å². The number of hydrogen-bond donors (Lipinski definition) is 1. The first kappa shape index (κ1) is 12.3. The number of piperidine rings is 1. The Kier molecular flexibility index (Phi) is 3.62. The van der Waals surface area contributed by atoms with Gasteiger partial charge in [-0.05, 0) is 38.4 Å². The first-order valence-corrected chi connectivity index (χ1v) is 6.15. The Morgan fingerprint density at radius 3 is 2.88 bits per heavy atom. The number of nitrogens with one attached hydrogen (secondary N) is 1. The van der Waals surface area contributed by atoms with Crippen molar-refractivity contribution in [2.45, 2.75) is 32.4 Å². The third-order valence-electron chi connectivity index (χ3n) is 3.66. The molecule has 1 saturated heterocycles. The zero-order valence-corrected chi connectivity index (χ0v) is 10.7. The molecule has 0 bridgehead atoms. The third kappa shape index (κ3) is 2.94. The van der Waals surface area contributed by atoms with Gasteiger partial charge in [0.15, 0.2) is 0 Å². The van der Waals surface area contributed by atoms with Crippen LogP contribution in [0.4, 0.5) is 10.2 Å². The maximum Gasteiger partial charge on any atom is 0.214 e. The summed E-state index contributed by atoms with van der Waals surface area (Å²) in [6, 6.07) is 5.80. The molecule has 3 nitrogen and oxygen atoms in total. The largest absolute Gasteiger partial charge is 0.367 e. The van der Waals surface area contributed by atoms with Crippen LogP contribution in [0.15, 0.2) is 18.2 Å². The summed E-state index contributed by atoms with van der Waals surface area (Å²) in [5.41, 5.74) is 0. The fraction of sp³-hybridized carbons (Fsp3) is 0.615. The number of rotatable bonds is 2. The maximum atomic E-state index is 13.0. The predicted molar refractivity (Wildman–Crippen MR) is 67.5 cm³/mol. The van der Waals surface area contributed by atoms with Gasteiger partial charge in [0.05, 0.1) is 0 Å². The van der Waals surface area contributed by atoms with E-state index in [4.69, 9.17) is 0 Å². The number of aromatic nitrogens is 1. The van der Waals surface area contributed by atoms with E-state index in [-0.39, 0.29) is 0 Å². The molecule has 4 heteroatoms. The van der Waals surface area contributed by atoms with Gasteiger partial charge in [0.2, 0.25) is 5.95 Å². The Morgan fingerprint density at radius 2 is 2.18 bits per heavy atom. The molecule has 2 rings (SSSR count). The molecule has 0 aliphatic carbocycles. The standard InChI is InChI=1S/C13H20FN3/c1-9-8-17(3)10(2)7-11(9)15-13-6-4-5-12(14)16-13/h4-6,9-11H,7-8H2,1-3H3,(H,15,16). The molecule has 0 spiro atoms. The molecule has 17 heavy (non-hydrogen) atoms. The van der Waals surface area contributed by atoms with Crippen molar-refractivity contribution >= 4 is 5.82 Å². The topological polar surface area (TPSA) is 28.2 Å². The Hall–Kier alpha value is -1.16. The molecular formula is C13H20FN3. The lowest BCUT2D eigenvalue weighted by Gasteiger charge is -2.40. The number of halogens is 1. The van der Waals surface area contributed by atoms with Gasteiger partial charge in [-0.2, -0.15) is 4.39 Å². The quantitative estimate of drug-likeness (QED) is 0.800. The minimum atomic E-state index is -0.427. The Morgan fingerprint density at radius 1 is 1.41 bits per heavy atom. The highest BCUT2D eigenvalue weighted by atomic mass is 19.1. The average Bonchev–Trinajstić information content (AvgIpc) is 2.26. The fourth-order valence-electron chi connectivity index (χ4n) is 2.42. The molecule has 1 aliphatic rings. The van der Waals surface area contributed by atoms with Crippen LogP contribution in [0.2, 0.25) is 0 Å². The summed E-state index contributed by atoms with van der Waals surface area (Å²) in [6.07, 6.45) is 1.07. The van der Waals surface area contributed by atoms with E-state index in [1.807, 2.05) is 6.07 Å². The van der Waals surface area contributed by atoms with E-state index in [0.717, 1.165) is 13.0 Å². The fourth-order valence-corrected chi connectivity index (χ4v) is 2.42. The Balaban J connectivity index is 2.03. The third-order valence-corrected chi connectivity index (χ3v) is 3.66. The highest BCUT2D eigenvalue weighted by molar-refractivity contribution is 5.35. The summed E-state index contributed by atoms with van der Waals surface area (Å²) in [5.74, 6) is 0.753. The first-order valence-electron chi connectivity index (χ1n) is 6.15. The monoisotopic (exact) mass is 237 g/mol. The number of anilines is 1. The van der Waals surface area contributed by atoms with Crippen molar-refractivity contribution in [3.05, 3.63) is 24.1 Å². The SMILES string of the molecule is CC1CN(C)C(C)CC1Nc1cccc(F)n1. The van der Waals surface area contributed by atoms with E-state index < -0.39 is 5.95 Å². The molecular weight excluding hydrogens is 217 g/mol. The number of hydrogen-bond acceptors (Lipinski definition) is 3. The number of likely N-dealkylation sites (tertiary alicyclic amines) is 1. The minimum absolute atomic E-state index is 0.371. The van der Waals surface area contributed by atoms with Gasteiger partial charge in [-0.1, -0.05) is 13.0 Å². The summed E-state index contributed by atoms with van der Waals surface area (Å²) in [7, 11) is 2.15. The van der Waals surface area contributed by atoms with Crippen LogP contribution in [0.5, 0.6) is 0 Å². The average molecular weight is 237 g/mol. The molecule has 0 radical (unpaired) electrons. The molecule has 1 fully saturated rings. The predicted octanol–water partition coefficient (Wildman–Crippen LogP) is 2.36. The summed E-state index contributed by atoms with van der Waals surface area (Å²) < 4.78 is 13.0. The van der Waals surface area contributed by atoms with E-state index in [1.54, 1.807) is 6.07 Å². The van der Waals surface area contributed by atoms with E-state index in [2.05, 4.69) is 36.1 Å². The molecule has 3 atom stereocenters. The molecule has 3 unspecified atom stereocenters. The maximum absolute atomic E-state index is 13.0. The van der Waals surface area contributed by atoms with Crippen molar-refractivity contribution in [2.24, 2.45) is 5.92 Å². The van der Waals surface area contributed by atoms with Gasteiger partial charge in [-0.25, -0.2) is 4.98 Å². The number of nitrogens with zero attached hydrogens (tertiary/aromatic N) is 2. The van der Waals surface area contributed by atoms with Gasteiger partial charge in [-0.15, -0.1) is 0 Å². The molecule has 2 heterocycles. The highest BCUT2D eigenvalue weighted by Crippen LogP contribution is 2.23. The summed E-state index contributed by atoms with van der Waals surface area (Å²) in [4.78, 5) is 6.22. The molecule has 1 aromatic rings. The highest BCUT2D eigenvalue weighted by Gasteiger charge is 2.28. The normalized spacial score (nSPS) is 30.2. The van der Waals surface area contributed by atoms with Crippen LogP contribution >= 0.6 is 0 Å². The zero-order valence-electron chi connectivity index (χ0n) is 10.7. The van der Waals surface area contributed by atoms with E-state index in [1.165, 1.54) is 6.07 Å². The Bertz CT molecular complexity index is 383. The lowest BCUT2D eigenvalue weighted by Crippen LogP contribution is -2.48. The first-order chi connectivity index (χ1) is 8.06. The van der Waals surface area contributed by atoms with E-state index in [9.17, 15) is 4.39 Å². The van der Waals surface area contributed by atoms with Crippen LogP contribution in [0.25, 0.3) is 0 Å². The van der Waals surface area contributed by atoms with Gasteiger partial charge in [0.25, 0.3) is 0 Å². The zero-order chi connectivity index (χ0) is 12.4. The van der Waals surface area contributed by atoms with E-state index in [0.29, 0.717) is 23.8 Å². The Labute approximate surface area is 102 Å². The van der Waals surface area contributed by atoms with Crippen molar-refractivity contribution in [2.75, 3.05) is 18.9 Å². The minimum Gasteiger partial charge on any atom is -0.367 e. The molecule has 1 aromatic heterocycles. The molecule has 1 aliphatic heterocycles. The van der Waals surface area contributed by atoms with Crippen molar-refractivity contribution in [3.8, 4) is 0 Å². The molecule has 0 aromatic carbocycles. The van der Waals surface area contributed by atoms with Crippen molar-refractivity contribution in [1.82, 2.24) is 9.88 Å². The van der Waals surface area contributed by atoms with Crippen LogP contribution in [0.1, 0.15) is 20.3 Å². The van der Waals surface area contributed by atoms with Crippen molar-refractivity contribution < 1.29 is 4.39 Å². The second-order valence-electron chi connectivity index (χ2n) is 5.10. The van der Waals surface area contributed by atoms with Crippen LogP contribution in [-0.4, -0.2) is 35.6 Å². The smallest absolute Gasteiger partial charge is 0.214 e. The van der Waals surface area contributed by atoms with Crippen LogP contribution in [0.3, 0.4) is 0 Å². The van der Waals surface area contributed by atoms with Crippen LogP contribution < -0.4 is 5.32 Å².